The van der Waals surface area contributed by atoms with Crippen LogP contribution in [0, 0.1) is 0 Å². The summed E-state index contributed by atoms with van der Waals surface area (Å²) < 4.78 is 6.11. The zero-order chi connectivity index (χ0) is 11.5. The van der Waals surface area contributed by atoms with E-state index < -0.39 is 5.97 Å². The summed E-state index contributed by atoms with van der Waals surface area (Å²) in [7, 11) is 1.30. The van der Waals surface area contributed by atoms with E-state index in [0.29, 0.717) is 11.4 Å². The van der Waals surface area contributed by atoms with Crippen LogP contribution >= 0.6 is 0 Å². The summed E-state index contributed by atoms with van der Waals surface area (Å²) in [5, 5.41) is 4.01. The molecule has 0 fully saturated rings. The van der Waals surface area contributed by atoms with E-state index in [-0.39, 0.29) is 5.69 Å². The van der Waals surface area contributed by atoms with Crippen LogP contribution in [0.15, 0.2) is 30.7 Å². The number of hydrogen-bond acceptors (Lipinski definition) is 5. The second-order valence-electron chi connectivity index (χ2n) is 3.08. The van der Waals surface area contributed by atoms with Crippen molar-refractivity contribution in [2.24, 2.45) is 0 Å². The molecule has 0 amide bonds. The first kappa shape index (κ1) is 10.2. The lowest BCUT2D eigenvalue weighted by Crippen LogP contribution is -2.10. The van der Waals surface area contributed by atoms with Crippen molar-refractivity contribution in [2.75, 3.05) is 12.8 Å². The molecule has 16 heavy (non-hydrogen) atoms. The average Bonchev–Trinajstić information content (AvgIpc) is 2.75. The molecule has 0 aliphatic heterocycles. The van der Waals surface area contributed by atoms with E-state index in [1.165, 1.54) is 24.2 Å². The summed E-state index contributed by atoms with van der Waals surface area (Å²) in [6, 6.07) is 3.42. The lowest BCUT2D eigenvalue weighted by Gasteiger charge is -2.05. The minimum atomic E-state index is -0.510. The number of nitrogens with zero attached hydrogens (tertiary/aromatic N) is 3. The standard InChI is InChI=1S/C10H10N4O2/c1-16-10(15)9-8(3-2-4-12-9)14-6-7(11)5-13-14/h2-6H,11H2,1H3. The Balaban J connectivity index is 2.52. The number of methoxy groups -OCH3 is 1. The summed E-state index contributed by atoms with van der Waals surface area (Å²) in [6.45, 7) is 0. The van der Waals surface area contributed by atoms with Gasteiger partial charge in [0.2, 0.25) is 0 Å². The summed E-state index contributed by atoms with van der Waals surface area (Å²) in [5.41, 5.74) is 6.80. The van der Waals surface area contributed by atoms with Crippen molar-refractivity contribution in [2.45, 2.75) is 0 Å². The van der Waals surface area contributed by atoms with Gasteiger partial charge < -0.3 is 10.5 Å². The highest BCUT2D eigenvalue weighted by Crippen LogP contribution is 2.13. The predicted molar refractivity (Wildman–Crippen MR) is 57.1 cm³/mol. The molecule has 0 unspecified atom stereocenters. The molecule has 0 radical (unpaired) electrons. The fourth-order valence-corrected chi connectivity index (χ4v) is 1.30. The summed E-state index contributed by atoms with van der Waals surface area (Å²) in [6.07, 6.45) is 4.61. The van der Waals surface area contributed by atoms with Crippen LogP contribution in [0.25, 0.3) is 5.69 Å². The molecular weight excluding hydrogens is 208 g/mol. The molecule has 0 spiro atoms. The van der Waals surface area contributed by atoms with Gasteiger partial charge in [-0.15, -0.1) is 0 Å². The number of esters is 1. The molecular formula is C10H10N4O2. The van der Waals surface area contributed by atoms with Crippen LogP contribution in [-0.4, -0.2) is 27.8 Å². The van der Waals surface area contributed by atoms with Crippen molar-refractivity contribution in [3.63, 3.8) is 0 Å². The first-order valence-corrected chi connectivity index (χ1v) is 4.56. The number of ether oxygens (including phenoxy) is 1. The van der Waals surface area contributed by atoms with Crippen LogP contribution in [0.5, 0.6) is 0 Å². The van der Waals surface area contributed by atoms with Crippen LogP contribution in [0.3, 0.4) is 0 Å². The zero-order valence-corrected chi connectivity index (χ0v) is 8.62. The van der Waals surface area contributed by atoms with Crippen molar-refractivity contribution in [3.05, 3.63) is 36.4 Å². The highest BCUT2D eigenvalue weighted by molar-refractivity contribution is 5.91. The van der Waals surface area contributed by atoms with E-state index in [2.05, 4.69) is 14.8 Å². The van der Waals surface area contributed by atoms with Crippen molar-refractivity contribution in [1.82, 2.24) is 14.8 Å². The molecule has 6 nitrogen and oxygen atoms in total. The normalized spacial score (nSPS) is 10.1. The summed E-state index contributed by atoms with van der Waals surface area (Å²) in [5.74, 6) is -0.510. The number of aromatic nitrogens is 3. The molecule has 0 saturated heterocycles. The van der Waals surface area contributed by atoms with Gasteiger partial charge in [-0.3, -0.25) is 0 Å². The van der Waals surface area contributed by atoms with Crippen LogP contribution in [-0.2, 0) is 4.74 Å². The Hall–Kier alpha value is -2.37. The maximum absolute atomic E-state index is 11.5. The van der Waals surface area contributed by atoms with Gasteiger partial charge >= 0.3 is 5.97 Å². The Morgan fingerprint density at radius 2 is 2.38 bits per heavy atom. The number of carbonyl (C=O) groups excluding carboxylic acids is 1. The molecule has 2 rings (SSSR count). The molecule has 0 aromatic carbocycles. The van der Waals surface area contributed by atoms with Gasteiger partial charge in [0.15, 0.2) is 5.69 Å². The molecule has 0 aliphatic rings. The Kier molecular flexibility index (Phi) is 2.55. The number of rotatable bonds is 2. The molecule has 0 atom stereocenters. The maximum atomic E-state index is 11.5. The largest absolute Gasteiger partial charge is 0.464 e. The number of hydrogen-bond donors (Lipinski definition) is 1. The number of carbonyl (C=O) groups is 1. The summed E-state index contributed by atoms with van der Waals surface area (Å²) in [4.78, 5) is 15.4. The van der Waals surface area contributed by atoms with Crippen LogP contribution in [0.2, 0.25) is 0 Å². The second-order valence-corrected chi connectivity index (χ2v) is 3.08. The first-order chi connectivity index (χ1) is 7.72. The van der Waals surface area contributed by atoms with E-state index >= 15 is 0 Å². The van der Waals surface area contributed by atoms with Gasteiger partial charge in [0.1, 0.15) is 0 Å². The first-order valence-electron chi connectivity index (χ1n) is 4.56. The zero-order valence-electron chi connectivity index (χ0n) is 8.62. The van der Waals surface area contributed by atoms with Gasteiger partial charge in [-0.2, -0.15) is 5.10 Å². The van der Waals surface area contributed by atoms with E-state index in [4.69, 9.17) is 5.73 Å². The van der Waals surface area contributed by atoms with Crippen LogP contribution in [0.4, 0.5) is 5.69 Å². The van der Waals surface area contributed by atoms with E-state index in [1.54, 1.807) is 18.3 Å². The Morgan fingerprint density at radius 3 is 3.00 bits per heavy atom. The minimum absolute atomic E-state index is 0.202. The lowest BCUT2D eigenvalue weighted by atomic mass is 10.3. The Bertz CT molecular complexity index is 521. The van der Waals surface area contributed by atoms with Gasteiger partial charge in [-0.1, -0.05) is 0 Å². The van der Waals surface area contributed by atoms with Gasteiger partial charge in [-0.25, -0.2) is 14.5 Å². The van der Waals surface area contributed by atoms with Gasteiger partial charge in [0.05, 0.1) is 30.9 Å². The van der Waals surface area contributed by atoms with Crippen molar-refractivity contribution < 1.29 is 9.53 Å². The number of anilines is 1. The van der Waals surface area contributed by atoms with Gasteiger partial charge in [-0.05, 0) is 12.1 Å². The monoisotopic (exact) mass is 218 g/mol. The molecule has 2 heterocycles. The Labute approximate surface area is 91.7 Å². The molecule has 2 N–H and O–H groups in total. The molecule has 6 heteroatoms. The van der Waals surface area contributed by atoms with Gasteiger partial charge in [0.25, 0.3) is 0 Å². The van der Waals surface area contributed by atoms with Crippen LogP contribution < -0.4 is 5.73 Å². The topological polar surface area (TPSA) is 83.0 Å². The van der Waals surface area contributed by atoms with Crippen molar-refractivity contribution >= 4 is 11.7 Å². The second kappa shape index (κ2) is 4.01. The predicted octanol–water partition coefficient (Wildman–Crippen LogP) is 0.636. The number of nitrogen functional groups attached to an aromatic ring is 1. The third kappa shape index (κ3) is 1.72. The average molecular weight is 218 g/mol. The van der Waals surface area contributed by atoms with Gasteiger partial charge in [0, 0.05) is 6.20 Å². The molecule has 0 aliphatic carbocycles. The molecule has 82 valence electrons. The fourth-order valence-electron chi connectivity index (χ4n) is 1.30. The quantitative estimate of drug-likeness (QED) is 0.748. The van der Waals surface area contributed by atoms with E-state index in [1.807, 2.05) is 0 Å². The molecule has 2 aromatic rings. The van der Waals surface area contributed by atoms with Crippen molar-refractivity contribution in [3.8, 4) is 5.69 Å². The molecule has 0 saturated carbocycles. The highest BCUT2D eigenvalue weighted by atomic mass is 16.5. The third-order valence-corrected chi connectivity index (χ3v) is 2.01. The van der Waals surface area contributed by atoms with Crippen molar-refractivity contribution in [1.29, 1.82) is 0 Å². The lowest BCUT2D eigenvalue weighted by molar-refractivity contribution is 0.0594. The minimum Gasteiger partial charge on any atom is -0.464 e. The smallest absolute Gasteiger partial charge is 0.358 e. The summed E-state index contributed by atoms with van der Waals surface area (Å²) >= 11 is 0. The number of nitrogens with two attached hydrogens (primary N) is 1. The third-order valence-electron chi connectivity index (χ3n) is 2.01. The van der Waals surface area contributed by atoms with E-state index in [0.717, 1.165) is 0 Å². The highest BCUT2D eigenvalue weighted by Gasteiger charge is 2.14. The number of pyridine rings is 1. The SMILES string of the molecule is COC(=O)c1ncccc1-n1cc(N)cn1. The molecule has 2 aromatic heterocycles. The maximum Gasteiger partial charge on any atom is 0.358 e. The van der Waals surface area contributed by atoms with E-state index in [9.17, 15) is 4.79 Å². The molecule has 0 bridgehead atoms. The van der Waals surface area contributed by atoms with Crippen LogP contribution in [0.1, 0.15) is 10.5 Å². The Morgan fingerprint density at radius 1 is 1.56 bits per heavy atom. The fraction of sp³-hybridized carbons (Fsp3) is 0.100.